The average Bonchev–Trinajstić information content (AvgIpc) is 2.68. The predicted octanol–water partition coefficient (Wildman–Crippen LogP) is 3.47. The maximum absolute atomic E-state index is 6.32. The van der Waals surface area contributed by atoms with Crippen LogP contribution >= 0.6 is 0 Å². The molecule has 2 aromatic rings. The smallest absolute Gasteiger partial charge is 0.220 e. The van der Waals surface area contributed by atoms with Gasteiger partial charge in [0.05, 0.1) is 7.11 Å². The molecule has 1 aliphatic carbocycles. The summed E-state index contributed by atoms with van der Waals surface area (Å²) in [6.45, 7) is 0. The minimum absolute atomic E-state index is 0.263. The number of rotatable bonds is 3. The quantitative estimate of drug-likeness (QED) is 0.874. The number of methoxy groups -OCH3 is 1. The van der Waals surface area contributed by atoms with Crippen molar-refractivity contribution >= 4 is 17.6 Å². The van der Waals surface area contributed by atoms with Crippen LogP contribution in [0.4, 0.5) is 5.69 Å². The number of nitrogens with two attached hydrogens (primary N) is 2. The number of benzene rings is 2. The second-order valence-electron chi connectivity index (χ2n) is 7.07. The fraction of sp³-hybridized carbons (Fsp3) is 0.333. The summed E-state index contributed by atoms with van der Waals surface area (Å²) in [7, 11) is 1.69. The molecule has 1 saturated carbocycles. The monoisotopic (exact) mass is 363 g/mol. The normalized spacial score (nSPS) is 18.8. The van der Waals surface area contributed by atoms with Gasteiger partial charge in [-0.1, -0.05) is 36.8 Å². The molecule has 1 spiro atoms. The van der Waals surface area contributed by atoms with E-state index >= 15 is 0 Å². The Balaban J connectivity index is 1.79. The molecule has 27 heavy (non-hydrogen) atoms. The van der Waals surface area contributed by atoms with Gasteiger partial charge < -0.3 is 16.2 Å². The maximum Gasteiger partial charge on any atom is 0.220 e. The third-order valence-corrected chi connectivity index (χ3v) is 5.38. The molecule has 1 aliphatic heterocycles. The Morgan fingerprint density at radius 3 is 2.44 bits per heavy atom. The van der Waals surface area contributed by atoms with E-state index in [4.69, 9.17) is 21.2 Å². The van der Waals surface area contributed by atoms with E-state index in [0.29, 0.717) is 5.96 Å². The van der Waals surface area contributed by atoms with Gasteiger partial charge in [0, 0.05) is 17.3 Å². The van der Waals surface area contributed by atoms with Crippen molar-refractivity contribution < 1.29 is 4.74 Å². The summed E-state index contributed by atoms with van der Waals surface area (Å²) in [6.07, 6.45) is 5.22. The molecule has 4 N–H and O–H groups in total. The summed E-state index contributed by atoms with van der Waals surface area (Å²) >= 11 is 0. The molecule has 0 aromatic heterocycles. The number of guanidine groups is 2. The fourth-order valence-electron chi connectivity index (χ4n) is 4.17. The molecule has 6 heteroatoms. The van der Waals surface area contributed by atoms with Crippen LogP contribution in [0.1, 0.15) is 32.1 Å². The van der Waals surface area contributed by atoms with Gasteiger partial charge in [-0.2, -0.15) is 4.99 Å². The van der Waals surface area contributed by atoms with Crippen molar-refractivity contribution in [1.82, 2.24) is 0 Å². The molecule has 2 aromatic carbocycles. The van der Waals surface area contributed by atoms with Crippen LogP contribution in [-0.4, -0.2) is 24.7 Å². The predicted molar refractivity (Wildman–Crippen MR) is 110 cm³/mol. The topological polar surface area (TPSA) is 89.2 Å². The first-order valence-corrected chi connectivity index (χ1v) is 9.36. The van der Waals surface area contributed by atoms with Crippen molar-refractivity contribution in [3.05, 3.63) is 48.5 Å². The van der Waals surface area contributed by atoms with Crippen molar-refractivity contribution in [3.63, 3.8) is 0 Å². The Hall–Kier alpha value is -3.02. The number of ether oxygens (including phenoxy) is 1. The molecule has 1 heterocycles. The number of anilines is 1. The Labute approximate surface area is 159 Å². The van der Waals surface area contributed by atoms with Crippen molar-refractivity contribution in [1.29, 1.82) is 0 Å². The Kier molecular flexibility index (Phi) is 4.48. The van der Waals surface area contributed by atoms with E-state index < -0.39 is 5.66 Å². The van der Waals surface area contributed by atoms with E-state index in [1.807, 2.05) is 29.2 Å². The summed E-state index contributed by atoms with van der Waals surface area (Å²) in [5.41, 5.74) is 14.9. The van der Waals surface area contributed by atoms with Gasteiger partial charge in [0.2, 0.25) is 11.9 Å². The molecule has 0 amide bonds. The lowest BCUT2D eigenvalue weighted by Gasteiger charge is -2.45. The largest absolute Gasteiger partial charge is 0.496 e. The lowest BCUT2D eigenvalue weighted by Crippen LogP contribution is -2.58. The molecule has 2 aliphatic rings. The van der Waals surface area contributed by atoms with Crippen LogP contribution in [-0.2, 0) is 0 Å². The summed E-state index contributed by atoms with van der Waals surface area (Å²) < 4.78 is 5.70. The minimum Gasteiger partial charge on any atom is -0.496 e. The van der Waals surface area contributed by atoms with Crippen LogP contribution in [0.25, 0.3) is 11.1 Å². The molecule has 0 bridgehead atoms. The minimum atomic E-state index is -0.451. The maximum atomic E-state index is 6.32. The molecule has 0 atom stereocenters. The zero-order valence-corrected chi connectivity index (χ0v) is 15.6. The van der Waals surface area contributed by atoms with Gasteiger partial charge in [-0.3, -0.25) is 4.90 Å². The van der Waals surface area contributed by atoms with Crippen molar-refractivity contribution in [2.45, 2.75) is 37.8 Å². The summed E-state index contributed by atoms with van der Waals surface area (Å²) in [5.74, 6) is 1.44. The highest BCUT2D eigenvalue weighted by Crippen LogP contribution is 2.42. The second-order valence-corrected chi connectivity index (χ2v) is 7.07. The average molecular weight is 363 g/mol. The van der Waals surface area contributed by atoms with E-state index in [2.05, 4.69) is 29.3 Å². The molecule has 140 valence electrons. The Morgan fingerprint density at radius 1 is 1.00 bits per heavy atom. The van der Waals surface area contributed by atoms with Crippen molar-refractivity contribution in [3.8, 4) is 16.9 Å². The third-order valence-electron chi connectivity index (χ3n) is 5.38. The lowest BCUT2D eigenvalue weighted by atomic mass is 9.87. The van der Waals surface area contributed by atoms with Crippen LogP contribution in [0.2, 0.25) is 0 Å². The molecule has 0 radical (unpaired) electrons. The van der Waals surface area contributed by atoms with Gasteiger partial charge in [0.15, 0.2) is 0 Å². The standard InChI is InChI=1S/C21H25N5O/c1-27-18-14-16(10-11-17(18)15-8-4-2-5-9-15)26-20(23)24-19(22)25-21(26)12-6-3-7-13-21/h2,4-5,8-11,14H,3,6-7,12-13H2,1H3,(H4,22,23,24,25). The Bertz CT molecular complexity index is 885. The van der Waals surface area contributed by atoms with Gasteiger partial charge in [0.25, 0.3) is 0 Å². The molecule has 0 saturated heterocycles. The SMILES string of the molecule is COc1cc(N2C(N)=NC(N)=NC23CCCCC3)ccc1-c1ccccc1. The van der Waals surface area contributed by atoms with Crippen molar-refractivity contribution in [2.24, 2.45) is 21.5 Å². The van der Waals surface area contributed by atoms with E-state index in [1.54, 1.807) is 7.11 Å². The number of nitrogens with zero attached hydrogens (tertiary/aromatic N) is 3. The first-order valence-electron chi connectivity index (χ1n) is 9.36. The van der Waals surface area contributed by atoms with E-state index in [1.165, 1.54) is 6.42 Å². The first-order chi connectivity index (χ1) is 13.1. The van der Waals surface area contributed by atoms with Gasteiger partial charge >= 0.3 is 0 Å². The summed E-state index contributed by atoms with van der Waals surface area (Å²) in [5, 5.41) is 0. The van der Waals surface area contributed by atoms with Gasteiger partial charge in [0.1, 0.15) is 11.4 Å². The van der Waals surface area contributed by atoms with Crippen LogP contribution in [0.15, 0.2) is 58.5 Å². The van der Waals surface area contributed by atoms with Crippen LogP contribution in [0, 0.1) is 0 Å². The van der Waals surface area contributed by atoms with Gasteiger partial charge in [-0.05, 0) is 43.4 Å². The highest BCUT2D eigenvalue weighted by molar-refractivity contribution is 6.05. The van der Waals surface area contributed by atoms with Crippen LogP contribution in [0.5, 0.6) is 5.75 Å². The molecule has 6 nitrogen and oxygen atoms in total. The van der Waals surface area contributed by atoms with Gasteiger partial charge in [-0.25, -0.2) is 4.99 Å². The highest BCUT2D eigenvalue weighted by atomic mass is 16.5. The highest BCUT2D eigenvalue weighted by Gasteiger charge is 2.42. The molecule has 1 fully saturated rings. The van der Waals surface area contributed by atoms with Crippen LogP contribution < -0.4 is 21.1 Å². The third kappa shape index (κ3) is 3.12. The molecular formula is C21H25N5O. The molecular weight excluding hydrogens is 338 g/mol. The molecule has 4 rings (SSSR count). The summed E-state index contributed by atoms with van der Waals surface area (Å²) in [6, 6.07) is 16.3. The van der Waals surface area contributed by atoms with E-state index in [-0.39, 0.29) is 5.96 Å². The number of hydrogen-bond donors (Lipinski definition) is 2. The number of hydrogen-bond acceptors (Lipinski definition) is 6. The Morgan fingerprint density at radius 2 is 1.74 bits per heavy atom. The van der Waals surface area contributed by atoms with Gasteiger partial charge in [-0.15, -0.1) is 0 Å². The lowest BCUT2D eigenvalue weighted by molar-refractivity contribution is 0.305. The van der Waals surface area contributed by atoms with E-state index in [9.17, 15) is 0 Å². The van der Waals surface area contributed by atoms with Crippen LogP contribution in [0.3, 0.4) is 0 Å². The fourth-order valence-corrected chi connectivity index (χ4v) is 4.17. The first kappa shape index (κ1) is 17.4. The van der Waals surface area contributed by atoms with E-state index in [0.717, 1.165) is 48.2 Å². The van der Waals surface area contributed by atoms with Crippen molar-refractivity contribution in [2.75, 3.05) is 12.0 Å². The number of aliphatic imine (C=N–C) groups is 2. The molecule has 0 unspecified atom stereocenters. The zero-order valence-electron chi connectivity index (χ0n) is 15.6. The zero-order chi connectivity index (χ0) is 18.9. The second kappa shape index (κ2) is 6.95. The summed E-state index contributed by atoms with van der Waals surface area (Å²) in [4.78, 5) is 11.0.